The molecule has 1 N–H and O–H groups in total. The number of hydrogen-bond donors (Lipinski definition) is 1. The zero-order chi connectivity index (χ0) is 24.2. The lowest BCUT2D eigenvalue weighted by Gasteiger charge is -2.09. The molecular formula is C27H24N6OS. The lowest BCUT2D eigenvalue weighted by atomic mass is 10.0. The van der Waals surface area contributed by atoms with Gasteiger partial charge in [-0.15, -0.1) is 10.2 Å². The van der Waals surface area contributed by atoms with Gasteiger partial charge in [-0.1, -0.05) is 65.9 Å². The Hall–Kier alpha value is -4.17. The second-order valence-corrected chi connectivity index (χ2v) is 9.08. The van der Waals surface area contributed by atoms with Crippen LogP contribution in [0.5, 0.6) is 0 Å². The molecule has 174 valence electrons. The van der Waals surface area contributed by atoms with Crippen molar-refractivity contribution in [3.63, 3.8) is 0 Å². The maximum absolute atomic E-state index is 13.0. The molecule has 0 aliphatic rings. The monoisotopic (exact) mass is 480 g/mol. The Labute approximate surface area is 207 Å². The Morgan fingerprint density at radius 2 is 1.63 bits per heavy atom. The van der Waals surface area contributed by atoms with Gasteiger partial charge in [0.25, 0.3) is 0 Å². The van der Waals surface area contributed by atoms with Gasteiger partial charge >= 0.3 is 0 Å². The van der Waals surface area contributed by atoms with Crippen LogP contribution in [0.3, 0.4) is 0 Å². The van der Waals surface area contributed by atoms with Gasteiger partial charge in [0, 0.05) is 17.3 Å². The molecule has 0 bridgehead atoms. The lowest BCUT2D eigenvalue weighted by molar-refractivity contribution is -0.113. The van der Waals surface area contributed by atoms with Crippen LogP contribution in [0.2, 0.25) is 0 Å². The van der Waals surface area contributed by atoms with Crippen molar-refractivity contribution in [2.45, 2.75) is 19.0 Å². The number of hydrogen-bond acceptors (Lipinski definition) is 5. The topological polar surface area (TPSA) is 77.6 Å². The van der Waals surface area contributed by atoms with Gasteiger partial charge in [-0.3, -0.25) is 9.36 Å². The molecule has 0 spiro atoms. The van der Waals surface area contributed by atoms with Gasteiger partial charge in [0.15, 0.2) is 5.16 Å². The molecule has 0 radical (unpaired) electrons. The highest BCUT2D eigenvalue weighted by Crippen LogP contribution is 2.28. The second-order valence-electron chi connectivity index (χ2n) is 8.14. The maximum atomic E-state index is 13.0. The van der Waals surface area contributed by atoms with E-state index in [0.717, 1.165) is 33.8 Å². The van der Waals surface area contributed by atoms with Gasteiger partial charge in [0.1, 0.15) is 12.1 Å². The molecule has 0 saturated heterocycles. The molecule has 35 heavy (non-hydrogen) atoms. The first-order valence-electron chi connectivity index (χ1n) is 11.2. The van der Waals surface area contributed by atoms with Gasteiger partial charge in [-0.05, 0) is 49.7 Å². The van der Waals surface area contributed by atoms with E-state index in [1.807, 2.05) is 71.3 Å². The minimum Gasteiger partial charge on any atom is -0.310 e. The van der Waals surface area contributed by atoms with E-state index in [4.69, 9.17) is 5.10 Å². The van der Waals surface area contributed by atoms with Crippen molar-refractivity contribution < 1.29 is 4.79 Å². The number of carbonyl (C=O) groups is 1. The first kappa shape index (κ1) is 22.6. The van der Waals surface area contributed by atoms with Crippen LogP contribution in [0.1, 0.15) is 11.1 Å². The van der Waals surface area contributed by atoms with Crippen molar-refractivity contribution >= 4 is 23.5 Å². The second kappa shape index (κ2) is 9.99. The highest BCUT2D eigenvalue weighted by molar-refractivity contribution is 7.99. The molecule has 0 saturated carbocycles. The van der Waals surface area contributed by atoms with Crippen LogP contribution in [0.15, 0.2) is 96.4 Å². The Morgan fingerprint density at radius 1 is 0.914 bits per heavy atom. The first-order chi connectivity index (χ1) is 17.1. The van der Waals surface area contributed by atoms with E-state index in [1.165, 1.54) is 11.8 Å². The molecule has 7 nitrogen and oxygen atoms in total. The number of benzene rings is 3. The molecule has 5 rings (SSSR count). The number of amides is 1. The summed E-state index contributed by atoms with van der Waals surface area (Å²) in [4.78, 5) is 13.0. The average Bonchev–Trinajstić information content (AvgIpc) is 3.52. The Bertz CT molecular complexity index is 1460. The van der Waals surface area contributed by atoms with Crippen LogP contribution in [0.25, 0.3) is 22.6 Å². The van der Waals surface area contributed by atoms with Crippen LogP contribution >= 0.6 is 11.8 Å². The highest BCUT2D eigenvalue weighted by Gasteiger charge is 2.16. The third kappa shape index (κ3) is 5.02. The average molecular weight is 481 g/mol. The van der Waals surface area contributed by atoms with Gasteiger partial charge in [-0.25, -0.2) is 4.68 Å². The van der Waals surface area contributed by atoms with Crippen molar-refractivity contribution in [3.05, 3.63) is 102 Å². The summed E-state index contributed by atoms with van der Waals surface area (Å²) in [6.45, 7) is 4.12. The number of anilines is 1. The SMILES string of the molecule is Cc1ccc(C)c(-c2cc(NC(=O)CSc3nncn3-c3ccccc3)n(-c3ccccc3)n2)c1. The number of aromatic nitrogens is 5. The molecule has 0 unspecified atom stereocenters. The Morgan fingerprint density at radius 3 is 2.37 bits per heavy atom. The zero-order valence-corrected chi connectivity index (χ0v) is 20.2. The van der Waals surface area contributed by atoms with Crippen molar-refractivity contribution in [3.8, 4) is 22.6 Å². The summed E-state index contributed by atoms with van der Waals surface area (Å²) in [6, 6.07) is 27.8. The summed E-state index contributed by atoms with van der Waals surface area (Å²) in [6.07, 6.45) is 1.65. The summed E-state index contributed by atoms with van der Waals surface area (Å²) in [5.41, 5.74) is 5.95. The predicted molar refractivity (Wildman–Crippen MR) is 139 cm³/mol. The van der Waals surface area contributed by atoms with Crippen molar-refractivity contribution in [2.24, 2.45) is 0 Å². The van der Waals surface area contributed by atoms with Crippen molar-refractivity contribution in [2.75, 3.05) is 11.1 Å². The van der Waals surface area contributed by atoms with Crippen molar-refractivity contribution in [1.29, 1.82) is 0 Å². The van der Waals surface area contributed by atoms with Crippen molar-refractivity contribution in [1.82, 2.24) is 24.5 Å². The highest BCUT2D eigenvalue weighted by atomic mass is 32.2. The lowest BCUT2D eigenvalue weighted by Crippen LogP contribution is -2.17. The molecule has 2 aromatic heterocycles. The predicted octanol–water partition coefficient (Wildman–Crippen LogP) is 5.47. The molecule has 8 heteroatoms. The van der Waals surface area contributed by atoms with Crippen LogP contribution < -0.4 is 5.32 Å². The minimum absolute atomic E-state index is 0.151. The van der Waals surface area contributed by atoms with E-state index >= 15 is 0 Å². The van der Waals surface area contributed by atoms with Gasteiger partial charge in [0.2, 0.25) is 5.91 Å². The summed E-state index contributed by atoms with van der Waals surface area (Å²) < 4.78 is 3.64. The quantitative estimate of drug-likeness (QED) is 0.313. The van der Waals surface area contributed by atoms with E-state index in [9.17, 15) is 4.79 Å². The largest absolute Gasteiger partial charge is 0.310 e. The molecule has 1 amide bonds. The fraction of sp³-hybridized carbons (Fsp3) is 0.111. The smallest absolute Gasteiger partial charge is 0.236 e. The van der Waals surface area contributed by atoms with E-state index < -0.39 is 0 Å². The molecule has 0 aliphatic heterocycles. The van der Waals surface area contributed by atoms with Gasteiger partial charge in [0.05, 0.1) is 17.1 Å². The van der Waals surface area contributed by atoms with E-state index in [2.05, 4.69) is 47.6 Å². The Balaban J connectivity index is 1.39. The third-order valence-corrected chi connectivity index (χ3v) is 6.47. The molecule has 2 heterocycles. The number of rotatable bonds is 7. The van der Waals surface area contributed by atoms with Crippen LogP contribution in [0, 0.1) is 13.8 Å². The van der Waals surface area contributed by atoms with E-state index in [0.29, 0.717) is 11.0 Å². The van der Waals surface area contributed by atoms with Gasteiger partial charge < -0.3 is 5.32 Å². The summed E-state index contributed by atoms with van der Waals surface area (Å²) >= 11 is 1.33. The standard InChI is InChI=1S/C27H24N6OS/c1-19-13-14-20(2)23(15-19)24-16-25(33(31-24)22-11-7-4-8-12-22)29-26(34)17-35-27-30-28-18-32(27)21-9-5-3-6-10-21/h3-16,18H,17H2,1-2H3,(H,29,34). The summed E-state index contributed by atoms with van der Waals surface area (Å²) in [5, 5.41) is 16.7. The molecule has 0 fully saturated rings. The maximum Gasteiger partial charge on any atom is 0.236 e. The number of para-hydroxylation sites is 2. The van der Waals surface area contributed by atoms with Crippen LogP contribution in [0.4, 0.5) is 5.82 Å². The number of aryl methyl sites for hydroxylation is 2. The first-order valence-corrected chi connectivity index (χ1v) is 12.2. The number of nitrogens with one attached hydrogen (secondary N) is 1. The van der Waals surface area contributed by atoms with Crippen LogP contribution in [-0.2, 0) is 4.79 Å². The van der Waals surface area contributed by atoms with Gasteiger partial charge in [-0.2, -0.15) is 5.10 Å². The fourth-order valence-corrected chi connectivity index (χ4v) is 4.51. The number of thioether (sulfide) groups is 1. The molecule has 0 atom stereocenters. The summed E-state index contributed by atoms with van der Waals surface area (Å²) in [5.74, 6) is 0.647. The minimum atomic E-state index is -0.151. The fourth-order valence-electron chi connectivity index (χ4n) is 3.78. The molecular weight excluding hydrogens is 456 g/mol. The zero-order valence-electron chi connectivity index (χ0n) is 19.4. The Kier molecular flexibility index (Phi) is 6.45. The third-order valence-electron chi connectivity index (χ3n) is 5.53. The van der Waals surface area contributed by atoms with E-state index in [-0.39, 0.29) is 11.7 Å². The number of carbonyl (C=O) groups excluding carboxylic acids is 1. The normalized spacial score (nSPS) is 10.9. The summed E-state index contributed by atoms with van der Waals surface area (Å²) in [7, 11) is 0. The number of nitrogens with zero attached hydrogens (tertiary/aromatic N) is 5. The molecule has 0 aliphatic carbocycles. The van der Waals surface area contributed by atoms with E-state index in [1.54, 1.807) is 11.0 Å². The molecule has 5 aromatic rings. The van der Waals surface area contributed by atoms with Crippen LogP contribution in [-0.4, -0.2) is 36.2 Å². The molecule has 3 aromatic carbocycles.